The second kappa shape index (κ2) is 5.09. The average molecular weight is 207 g/mol. The highest BCUT2D eigenvalue weighted by Gasteiger charge is 2.07. The third-order valence-corrected chi connectivity index (χ3v) is 1.77. The Morgan fingerprint density at radius 1 is 1.80 bits per heavy atom. The number of hydrogen-bond acceptors (Lipinski definition) is 4. The van der Waals surface area contributed by atoms with E-state index >= 15 is 0 Å². The molecule has 1 aromatic rings. The fourth-order valence-corrected chi connectivity index (χ4v) is 1.08. The minimum Gasteiger partial charge on any atom is -0.477 e. The Morgan fingerprint density at radius 3 is 3.13 bits per heavy atom. The van der Waals surface area contributed by atoms with Crippen LogP contribution in [0.4, 0.5) is 5.95 Å². The van der Waals surface area contributed by atoms with Crippen LogP contribution in [0.3, 0.4) is 0 Å². The minimum absolute atomic E-state index is 0.0155. The Morgan fingerprint density at radius 2 is 2.53 bits per heavy atom. The molecule has 80 valence electrons. The van der Waals surface area contributed by atoms with Gasteiger partial charge in [-0.25, -0.2) is 14.8 Å². The highest BCUT2D eigenvalue weighted by Crippen LogP contribution is 2.04. The second-order valence-corrected chi connectivity index (χ2v) is 3.14. The molecule has 5 nitrogen and oxygen atoms in total. The van der Waals surface area contributed by atoms with E-state index in [1.165, 1.54) is 12.3 Å². The molecule has 0 aliphatic carbocycles. The van der Waals surface area contributed by atoms with Gasteiger partial charge in [0.05, 0.1) is 0 Å². The van der Waals surface area contributed by atoms with Crippen molar-refractivity contribution in [1.29, 1.82) is 0 Å². The molecule has 0 spiro atoms. The smallest absolute Gasteiger partial charge is 0.354 e. The summed E-state index contributed by atoms with van der Waals surface area (Å²) in [5.41, 5.74) is -0.0155. The van der Waals surface area contributed by atoms with Crippen LogP contribution in [-0.2, 0) is 0 Å². The van der Waals surface area contributed by atoms with Crippen LogP contribution in [0.25, 0.3) is 0 Å². The molecule has 0 radical (unpaired) electrons. The summed E-state index contributed by atoms with van der Waals surface area (Å²) in [5.74, 6) is -0.735. The van der Waals surface area contributed by atoms with Gasteiger partial charge in [0.2, 0.25) is 5.95 Å². The Kier molecular flexibility index (Phi) is 3.79. The van der Waals surface area contributed by atoms with Crippen molar-refractivity contribution in [2.75, 3.05) is 5.32 Å². The molecular formula is C10H13N3O2. The molecule has 1 heterocycles. The van der Waals surface area contributed by atoms with E-state index in [1.54, 1.807) is 6.08 Å². The van der Waals surface area contributed by atoms with Gasteiger partial charge in [-0.3, -0.25) is 0 Å². The number of carboxylic acid groups (broad SMARTS) is 1. The first-order chi connectivity index (χ1) is 7.13. The molecule has 1 rings (SSSR count). The zero-order valence-corrected chi connectivity index (χ0v) is 8.47. The molecule has 5 heteroatoms. The molecule has 15 heavy (non-hydrogen) atoms. The van der Waals surface area contributed by atoms with Crippen LogP contribution < -0.4 is 5.32 Å². The predicted molar refractivity (Wildman–Crippen MR) is 56.9 cm³/mol. The molecule has 1 unspecified atom stereocenters. The normalized spacial score (nSPS) is 11.8. The number of hydrogen-bond donors (Lipinski definition) is 2. The molecule has 0 saturated carbocycles. The van der Waals surface area contributed by atoms with Crippen LogP contribution >= 0.6 is 0 Å². The van der Waals surface area contributed by atoms with E-state index in [0.29, 0.717) is 5.95 Å². The molecule has 0 saturated heterocycles. The highest BCUT2D eigenvalue weighted by molar-refractivity contribution is 5.85. The molecule has 0 bridgehead atoms. The Bertz CT molecular complexity index is 365. The fourth-order valence-electron chi connectivity index (χ4n) is 1.08. The van der Waals surface area contributed by atoms with Gasteiger partial charge in [0.15, 0.2) is 5.69 Å². The summed E-state index contributed by atoms with van der Waals surface area (Å²) in [5, 5.41) is 11.7. The molecule has 1 atom stereocenters. The Labute approximate surface area is 87.9 Å². The maximum atomic E-state index is 10.6. The van der Waals surface area contributed by atoms with Crippen LogP contribution in [0.2, 0.25) is 0 Å². The van der Waals surface area contributed by atoms with Gasteiger partial charge in [-0.1, -0.05) is 6.08 Å². The topological polar surface area (TPSA) is 75.1 Å². The van der Waals surface area contributed by atoms with Gasteiger partial charge in [0, 0.05) is 12.2 Å². The summed E-state index contributed by atoms with van der Waals surface area (Å²) in [6.45, 7) is 5.56. The van der Waals surface area contributed by atoms with Crippen LogP contribution in [0.5, 0.6) is 0 Å². The first-order valence-electron chi connectivity index (χ1n) is 4.57. The monoisotopic (exact) mass is 207 g/mol. The number of anilines is 1. The van der Waals surface area contributed by atoms with Gasteiger partial charge in [0.25, 0.3) is 0 Å². The van der Waals surface area contributed by atoms with Crippen molar-refractivity contribution in [1.82, 2.24) is 9.97 Å². The maximum Gasteiger partial charge on any atom is 0.354 e. The lowest BCUT2D eigenvalue weighted by atomic mass is 10.2. The number of nitrogens with one attached hydrogen (secondary N) is 1. The molecule has 0 aliphatic rings. The summed E-state index contributed by atoms with van der Waals surface area (Å²) >= 11 is 0. The van der Waals surface area contributed by atoms with Crippen LogP contribution in [0.1, 0.15) is 23.8 Å². The zero-order valence-electron chi connectivity index (χ0n) is 8.47. The van der Waals surface area contributed by atoms with Gasteiger partial charge in [-0.05, 0) is 19.4 Å². The van der Waals surface area contributed by atoms with Crippen LogP contribution in [-0.4, -0.2) is 27.1 Å². The first kappa shape index (κ1) is 11.2. The van der Waals surface area contributed by atoms with E-state index in [1.807, 2.05) is 6.92 Å². The summed E-state index contributed by atoms with van der Waals surface area (Å²) in [6, 6.07) is 1.48. The summed E-state index contributed by atoms with van der Waals surface area (Å²) < 4.78 is 0. The maximum absolute atomic E-state index is 10.6. The quantitative estimate of drug-likeness (QED) is 0.716. The minimum atomic E-state index is -1.06. The van der Waals surface area contributed by atoms with Crippen molar-refractivity contribution in [2.45, 2.75) is 19.4 Å². The van der Waals surface area contributed by atoms with E-state index in [0.717, 1.165) is 6.42 Å². The molecular weight excluding hydrogens is 194 g/mol. The van der Waals surface area contributed by atoms with E-state index in [9.17, 15) is 4.79 Å². The van der Waals surface area contributed by atoms with Gasteiger partial charge in [-0.15, -0.1) is 6.58 Å². The van der Waals surface area contributed by atoms with Crippen molar-refractivity contribution >= 4 is 11.9 Å². The molecule has 0 aromatic carbocycles. The lowest BCUT2D eigenvalue weighted by Gasteiger charge is -2.10. The van der Waals surface area contributed by atoms with Gasteiger partial charge in [0.1, 0.15) is 0 Å². The van der Waals surface area contributed by atoms with Crippen LogP contribution in [0.15, 0.2) is 24.9 Å². The van der Waals surface area contributed by atoms with Crippen molar-refractivity contribution in [3.05, 3.63) is 30.6 Å². The summed E-state index contributed by atoms with van der Waals surface area (Å²) in [6.07, 6.45) is 3.96. The van der Waals surface area contributed by atoms with E-state index in [2.05, 4.69) is 21.9 Å². The third kappa shape index (κ3) is 3.38. The molecule has 0 fully saturated rings. The summed E-state index contributed by atoms with van der Waals surface area (Å²) in [4.78, 5) is 18.4. The predicted octanol–water partition coefficient (Wildman–Crippen LogP) is 1.55. The van der Waals surface area contributed by atoms with Gasteiger partial charge >= 0.3 is 5.97 Å². The van der Waals surface area contributed by atoms with Gasteiger partial charge < -0.3 is 10.4 Å². The van der Waals surface area contributed by atoms with Gasteiger partial charge in [-0.2, -0.15) is 0 Å². The molecule has 1 aromatic heterocycles. The SMILES string of the molecule is C=CCC(C)Nc1nccc(C(=O)O)n1. The number of aromatic nitrogens is 2. The van der Waals surface area contributed by atoms with Crippen LogP contribution in [0, 0.1) is 0 Å². The second-order valence-electron chi connectivity index (χ2n) is 3.14. The molecule has 2 N–H and O–H groups in total. The van der Waals surface area contributed by atoms with Crippen molar-refractivity contribution in [3.8, 4) is 0 Å². The number of carboxylic acids is 1. The number of nitrogens with zero attached hydrogens (tertiary/aromatic N) is 2. The average Bonchev–Trinajstić information content (AvgIpc) is 2.18. The first-order valence-corrected chi connectivity index (χ1v) is 4.57. The van der Waals surface area contributed by atoms with Crippen molar-refractivity contribution in [3.63, 3.8) is 0 Å². The van der Waals surface area contributed by atoms with Crippen molar-refractivity contribution < 1.29 is 9.90 Å². The van der Waals surface area contributed by atoms with Crippen molar-refractivity contribution in [2.24, 2.45) is 0 Å². The standard InChI is InChI=1S/C10H13N3O2/c1-3-4-7(2)12-10-11-6-5-8(13-10)9(14)15/h3,5-7H,1,4H2,2H3,(H,14,15)(H,11,12,13). The summed E-state index contributed by atoms with van der Waals surface area (Å²) in [7, 11) is 0. The number of aromatic carboxylic acids is 1. The molecule has 0 aliphatic heterocycles. The lowest BCUT2D eigenvalue weighted by molar-refractivity contribution is 0.0690. The van der Waals surface area contributed by atoms with E-state index in [4.69, 9.17) is 5.11 Å². The third-order valence-electron chi connectivity index (χ3n) is 1.77. The number of rotatable bonds is 5. The zero-order chi connectivity index (χ0) is 11.3. The number of carbonyl (C=O) groups is 1. The highest BCUT2D eigenvalue weighted by atomic mass is 16.4. The van der Waals surface area contributed by atoms with E-state index < -0.39 is 5.97 Å². The van der Waals surface area contributed by atoms with E-state index in [-0.39, 0.29) is 11.7 Å². The Balaban J connectivity index is 2.73. The molecule has 0 amide bonds. The largest absolute Gasteiger partial charge is 0.477 e. The fraction of sp³-hybridized carbons (Fsp3) is 0.300. The Hall–Kier alpha value is -1.91. The lowest BCUT2D eigenvalue weighted by Crippen LogP contribution is -2.17.